The van der Waals surface area contributed by atoms with Gasteiger partial charge in [0.1, 0.15) is 0 Å². The van der Waals surface area contributed by atoms with Gasteiger partial charge in [-0.1, -0.05) is 19.1 Å². The summed E-state index contributed by atoms with van der Waals surface area (Å²) in [5, 5.41) is 0. The van der Waals surface area contributed by atoms with Gasteiger partial charge >= 0.3 is 5.97 Å². The standard InChI is InChI=1S/C15H23NO3/c1-4-16(10-11-19-5-2)12-13-6-8-14(9-7-13)15(17)18-3/h6-9H,4-5,10-12H2,1-3H3. The number of rotatable bonds is 8. The summed E-state index contributed by atoms with van der Waals surface area (Å²) in [6, 6.07) is 7.54. The monoisotopic (exact) mass is 265 g/mol. The number of nitrogens with zero attached hydrogens (tertiary/aromatic N) is 1. The van der Waals surface area contributed by atoms with Crippen LogP contribution in [-0.2, 0) is 16.0 Å². The summed E-state index contributed by atoms with van der Waals surface area (Å²) < 4.78 is 10.0. The Morgan fingerprint density at radius 3 is 2.42 bits per heavy atom. The van der Waals surface area contributed by atoms with Crippen molar-refractivity contribution in [2.24, 2.45) is 0 Å². The molecule has 0 amide bonds. The molecule has 0 aliphatic rings. The largest absolute Gasteiger partial charge is 0.465 e. The third kappa shape index (κ3) is 5.41. The van der Waals surface area contributed by atoms with Crippen LogP contribution in [0.1, 0.15) is 29.8 Å². The van der Waals surface area contributed by atoms with Crippen LogP contribution in [0.5, 0.6) is 0 Å². The lowest BCUT2D eigenvalue weighted by molar-refractivity contribution is 0.0600. The molecule has 19 heavy (non-hydrogen) atoms. The highest BCUT2D eigenvalue weighted by atomic mass is 16.5. The lowest BCUT2D eigenvalue weighted by atomic mass is 10.1. The highest BCUT2D eigenvalue weighted by Crippen LogP contribution is 2.08. The number of benzene rings is 1. The van der Waals surface area contributed by atoms with Gasteiger partial charge in [-0.2, -0.15) is 0 Å². The van der Waals surface area contributed by atoms with E-state index in [1.54, 1.807) is 12.1 Å². The van der Waals surface area contributed by atoms with E-state index in [-0.39, 0.29) is 5.97 Å². The maximum Gasteiger partial charge on any atom is 0.337 e. The van der Waals surface area contributed by atoms with Gasteiger partial charge in [0, 0.05) is 19.7 Å². The fraction of sp³-hybridized carbons (Fsp3) is 0.533. The molecule has 0 saturated heterocycles. The first-order valence-electron chi connectivity index (χ1n) is 6.68. The lowest BCUT2D eigenvalue weighted by Gasteiger charge is -2.20. The zero-order chi connectivity index (χ0) is 14.1. The maximum absolute atomic E-state index is 11.3. The molecule has 4 heteroatoms. The average Bonchev–Trinajstić information content (AvgIpc) is 2.46. The summed E-state index contributed by atoms with van der Waals surface area (Å²) >= 11 is 0. The number of hydrogen-bond acceptors (Lipinski definition) is 4. The van der Waals surface area contributed by atoms with E-state index in [9.17, 15) is 4.79 Å². The first kappa shape index (κ1) is 15.7. The van der Waals surface area contributed by atoms with E-state index >= 15 is 0 Å². The molecule has 0 bridgehead atoms. The molecule has 0 aliphatic heterocycles. The Balaban J connectivity index is 2.53. The molecular formula is C15H23NO3. The molecule has 0 heterocycles. The predicted octanol–water partition coefficient (Wildman–Crippen LogP) is 2.33. The predicted molar refractivity (Wildman–Crippen MR) is 75.2 cm³/mol. The SMILES string of the molecule is CCOCCN(CC)Cc1ccc(C(=O)OC)cc1. The smallest absolute Gasteiger partial charge is 0.337 e. The molecule has 0 spiro atoms. The van der Waals surface area contributed by atoms with Gasteiger partial charge in [-0.25, -0.2) is 4.79 Å². The zero-order valence-corrected chi connectivity index (χ0v) is 12.0. The quantitative estimate of drug-likeness (QED) is 0.534. The summed E-state index contributed by atoms with van der Waals surface area (Å²) in [4.78, 5) is 13.6. The van der Waals surface area contributed by atoms with Crippen molar-refractivity contribution in [3.05, 3.63) is 35.4 Å². The molecule has 0 aromatic heterocycles. The Bertz CT molecular complexity index is 375. The first-order valence-corrected chi connectivity index (χ1v) is 6.68. The van der Waals surface area contributed by atoms with Crippen LogP contribution < -0.4 is 0 Å². The maximum atomic E-state index is 11.3. The number of ether oxygens (including phenoxy) is 2. The Hall–Kier alpha value is -1.39. The Morgan fingerprint density at radius 1 is 1.21 bits per heavy atom. The Kier molecular flexibility index (Phi) is 7.15. The van der Waals surface area contributed by atoms with Crippen LogP contribution in [-0.4, -0.2) is 44.3 Å². The average molecular weight is 265 g/mol. The van der Waals surface area contributed by atoms with Crippen molar-refractivity contribution in [1.29, 1.82) is 0 Å². The van der Waals surface area contributed by atoms with E-state index in [2.05, 4.69) is 16.6 Å². The van der Waals surface area contributed by atoms with Crippen LogP contribution in [0.3, 0.4) is 0 Å². The molecule has 4 nitrogen and oxygen atoms in total. The summed E-state index contributed by atoms with van der Waals surface area (Å²) in [5.74, 6) is -0.296. The molecule has 0 radical (unpaired) electrons. The van der Waals surface area contributed by atoms with E-state index in [1.807, 2.05) is 19.1 Å². The van der Waals surface area contributed by atoms with Gasteiger partial charge in [0.05, 0.1) is 19.3 Å². The van der Waals surface area contributed by atoms with Crippen molar-refractivity contribution in [3.63, 3.8) is 0 Å². The van der Waals surface area contributed by atoms with Gasteiger partial charge in [0.2, 0.25) is 0 Å². The summed E-state index contributed by atoms with van der Waals surface area (Å²) in [6.07, 6.45) is 0. The number of carbonyl (C=O) groups excluding carboxylic acids is 1. The van der Waals surface area contributed by atoms with Crippen molar-refractivity contribution in [2.45, 2.75) is 20.4 Å². The summed E-state index contributed by atoms with van der Waals surface area (Å²) in [6.45, 7) is 8.41. The number of carbonyl (C=O) groups is 1. The fourth-order valence-electron chi connectivity index (χ4n) is 1.81. The van der Waals surface area contributed by atoms with E-state index in [0.717, 1.165) is 32.8 Å². The highest BCUT2D eigenvalue weighted by Gasteiger charge is 2.07. The van der Waals surface area contributed by atoms with Gasteiger partial charge in [-0.15, -0.1) is 0 Å². The minimum atomic E-state index is -0.296. The molecule has 1 aromatic carbocycles. The van der Waals surface area contributed by atoms with Gasteiger partial charge in [0.25, 0.3) is 0 Å². The van der Waals surface area contributed by atoms with Crippen LogP contribution in [0.4, 0.5) is 0 Å². The second-order valence-electron chi connectivity index (χ2n) is 4.25. The molecule has 1 rings (SSSR count). The second-order valence-corrected chi connectivity index (χ2v) is 4.25. The number of hydrogen-bond donors (Lipinski definition) is 0. The van der Waals surface area contributed by atoms with E-state index in [4.69, 9.17) is 4.74 Å². The van der Waals surface area contributed by atoms with Crippen LogP contribution in [0.15, 0.2) is 24.3 Å². The van der Waals surface area contributed by atoms with Crippen LogP contribution >= 0.6 is 0 Å². The van der Waals surface area contributed by atoms with Crippen LogP contribution in [0.25, 0.3) is 0 Å². The topological polar surface area (TPSA) is 38.8 Å². The van der Waals surface area contributed by atoms with Crippen LogP contribution in [0, 0.1) is 0 Å². The molecule has 0 fully saturated rings. The van der Waals surface area contributed by atoms with Gasteiger partial charge in [-0.3, -0.25) is 4.90 Å². The first-order chi connectivity index (χ1) is 9.21. The van der Waals surface area contributed by atoms with Crippen molar-refractivity contribution < 1.29 is 14.3 Å². The minimum absolute atomic E-state index is 0.296. The number of methoxy groups -OCH3 is 1. The zero-order valence-electron chi connectivity index (χ0n) is 12.0. The number of likely N-dealkylation sites (N-methyl/N-ethyl adjacent to an activating group) is 1. The molecule has 0 unspecified atom stereocenters. The number of esters is 1. The van der Waals surface area contributed by atoms with Gasteiger partial charge in [0.15, 0.2) is 0 Å². The lowest BCUT2D eigenvalue weighted by Crippen LogP contribution is -2.27. The van der Waals surface area contributed by atoms with E-state index in [1.165, 1.54) is 12.7 Å². The van der Waals surface area contributed by atoms with Crippen LogP contribution in [0.2, 0.25) is 0 Å². The summed E-state index contributed by atoms with van der Waals surface area (Å²) in [7, 11) is 1.39. The molecule has 0 atom stereocenters. The van der Waals surface area contributed by atoms with Gasteiger partial charge in [-0.05, 0) is 31.2 Å². The van der Waals surface area contributed by atoms with Crippen molar-refractivity contribution in [1.82, 2.24) is 4.90 Å². The van der Waals surface area contributed by atoms with Crippen molar-refractivity contribution >= 4 is 5.97 Å². The molecule has 0 saturated carbocycles. The highest BCUT2D eigenvalue weighted by molar-refractivity contribution is 5.89. The second kappa shape index (κ2) is 8.67. The molecule has 1 aromatic rings. The third-order valence-corrected chi connectivity index (χ3v) is 2.98. The van der Waals surface area contributed by atoms with Crippen molar-refractivity contribution in [2.75, 3.05) is 33.4 Å². The third-order valence-electron chi connectivity index (χ3n) is 2.98. The summed E-state index contributed by atoms with van der Waals surface area (Å²) in [5.41, 5.74) is 1.77. The van der Waals surface area contributed by atoms with E-state index in [0.29, 0.717) is 5.56 Å². The minimum Gasteiger partial charge on any atom is -0.465 e. The Morgan fingerprint density at radius 2 is 1.89 bits per heavy atom. The molecule has 0 aliphatic carbocycles. The fourth-order valence-corrected chi connectivity index (χ4v) is 1.81. The van der Waals surface area contributed by atoms with Crippen molar-refractivity contribution in [3.8, 4) is 0 Å². The van der Waals surface area contributed by atoms with E-state index < -0.39 is 0 Å². The van der Waals surface area contributed by atoms with Gasteiger partial charge < -0.3 is 9.47 Å². The Labute approximate surface area is 115 Å². The molecular weight excluding hydrogens is 242 g/mol. The molecule has 106 valence electrons. The normalized spacial score (nSPS) is 10.7. The molecule has 0 N–H and O–H groups in total.